The lowest BCUT2D eigenvalue weighted by atomic mass is 9.97. The minimum absolute atomic E-state index is 0.0326. The van der Waals surface area contributed by atoms with Crippen LogP contribution in [0.5, 0.6) is 0 Å². The summed E-state index contributed by atoms with van der Waals surface area (Å²) >= 11 is 12.0. The molecule has 1 aliphatic rings. The average molecular weight is 333 g/mol. The van der Waals surface area contributed by atoms with Gasteiger partial charge in [-0.2, -0.15) is 0 Å². The number of carbonyl (C=O) groups is 2. The van der Waals surface area contributed by atoms with E-state index in [9.17, 15) is 9.59 Å². The van der Waals surface area contributed by atoms with E-state index in [1.165, 1.54) is 0 Å². The predicted molar refractivity (Wildman–Crippen MR) is 81.0 cm³/mol. The Labute approximate surface area is 133 Å². The van der Waals surface area contributed by atoms with Gasteiger partial charge in [0, 0.05) is 26.1 Å². The second kappa shape index (κ2) is 6.71. The molecule has 2 heterocycles. The summed E-state index contributed by atoms with van der Waals surface area (Å²) in [6.45, 7) is 0.642. The van der Waals surface area contributed by atoms with Crippen molar-refractivity contribution >= 4 is 35.1 Å². The van der Waals surface area contributed by atoms with Crippen LogP contribution in [0.25, 0.3) is 0 Å². The number of halogens is 2. The lowest BCUT2D eigenvalue weighted by molar-refractivity contribution is -0.137. The summed E-state index contributed by atoms with van der Waals surface area (Å²) in [6.07, 6.45) is 3.34. The van der Waals surface area contributed by atoms with Gasteiger partial charge in [-0.25, -0.2) is 0 Å². The Morgan fingerprint density at radius 2 is 2.10 bits per heavy atom. The van der Waals surface area contributed by atoms with Crippen molar-refractivity contribution in [1.82, 2.24) is 9.47 Å². The molecule has 0 saturated carbocycles. The molecule has 7 heteroatoms. The molecule has 5 nitrogen and oxygen atoms in total. The van der Waals surface area contributed by atoms with Crippen molar-refractivity contribution in [3.8, 4) is 0 Å². The van der Waals surface area contributed by atoms with Gasteiger partial charge in [-0.3, -0.25) is 9.59 Å². The largest absolute Gasteiger partial charge is 0.481 e. The molecular weight excluding hydrogens is 315 g/mol. The molecule has 1 amide bonds. The summed E-state index contributed by atoms with van der Waals surface area (Å²) in [4.78, 5) is 25.2. The molecule has 1 atom stereocenters. The summed E-state index contributed by atoms with van der Waals surface area (Å²) in [6, 6.07) is 1.53. The number of aliphatic carboxylic acids is 1. The molecule has 1 fully saturated rings. The molecule has 0 unspecified atom stereocenters. The van der Waals surface area contributed by atoms with Crippen molar-refractivity contribution in [2.45, 2.75) is 38.1 Å². The first-order chi connectivity index (χ1) is 9.91. The van der Waals surface area contributed by atoms with E-state index in [2.05, 4.69) is 0 Å². The van der Waals surface area contributed by atoms with Crippen molar-refractivity contribution in [2.24, 2.45) is 7.05 Å². The van der Waals surface area contributed by atoms with E-state index in [1.807, 2.05) is 0 Å². The van der Waals surface area contributed by atoms with Crippen LogP contribution in [0.3, 0.4) is 0 Å². The highest BCUT2D eigenvalue weighted by Crippen LogP contribution is 2.28. The van der Waals surface area contributed by atoms with E-state index in [4.69, 9.17) is 28.3 Å². The SMILES string of the molecule is Cn1c(C(=O)N2CCCC[C@@H]2CCC(=O)O)cc(Cl)c1Cl. The molecular formula is C14H18Cl2N2O3. The fourth-order valence-electron chi connectivity index (χ4n) is 2.75. The van der Waals surface area contributed by atoms with Crippen molar-refractivity contribution in [2.75, 3.05) is 6.54 Å². The first-order valence-corrected chi connectivity index (χ1v) is 7.71. The molecule has 1 aromatic heterocycles. The molecule has 21 heavy (non-hydrogen) atoms. The van der Waals surface area contributed by atoms with E-state index >= 15 is 0 Å². The van der Waals surface area contributed by atoms with Crippen LogP contribution in [-0.2, 0) is 11.8 Å². The zero-order chi connectivity index (χ0) is 15.6. The molecule has 116 valence electrons. The van der Waals surface area contributed by atoms with E-state index in [-0.39, 0.29) is 18.4 Å². The Hall–Kier alpha value is -1.20. The highest BCUT2D eigenvalue weighted by Gasteiger charge is 2.29. The van der Waals surface area contributed by atoms with Crippen molar-refractivity contribution < 1.29 is 14.7 Å². The lowest BCUT2D eigenvalue weighted by Crippen LogP contribution is -2.44. The molecule has 1 aromatic rings. The quantitative estimate of drug-likeness (QED) is 0.920. The van der Waals surface area contributed by atoms with Gasteiger partial charge in [-0.1, -0.05) is 23.2 Å². The topological polar surface area (TPSA) is 62.5 Å². The van der Waals surface area contributed by atoms with E-state index in [1.54, 1.807) is 22.6 Å². The second-order valence-corrected chi connectivity index (χ2v) is 6.07. The fraction of sp³-hybridized carbons (Fsp3) is 0.571. The Kier molecular flexibility index (Phi) is 5.17. The van der Waals surface area contributed by atoms with Gasteiger partial charge in [0.25, 0.3) is 5.91 Å². The third-order valence-electron chi connectivity index (χ3n) is 3.91. The predicted octanol–water partition coefficient (Wildman–Crippen LogP) is 3.19. The second-order valence-electron chi connectivity index (χ2n) is 5.31. The number of likely N-dealkylation sites (tertiary alicyclic amines) is 1. The van der Waals surface area contributed by atoms with Gasteiger partial charge in [0.2, 0.25) is 0 Å². The Morgan fingerprint density at radius 3 is 2.67 bits per heavy atom. The first kappa shape index (κ1) is 16.2. The molecule has 1 aliphatic heterocycles. The number of aromatic nitrogens is 1. The number of rotatable bonds is 4. The number of hydrogen-bond acceptors (Lipinski definition) is 2. The zero-order valence-electron chi connectivity index (χ0n) is 11.8. The zero-order valence-corrected chi connectivity index (χ0v) is 13.3. The van der Waals surface area contributed by atoms with Gasteiger partial charge in [-0.05, 0) is 31.7 Å². The highest BCUT2D eigenvalue weighted by atomic mass is 35.5. The van der Waals surface area contributed by atoms with Crippen LogP contribution in [0.2, 0.25) is 10.2 Å². The smallest absolute Gasteiger partial charge is 0.303 e. The van der Waals surface area contributed by atoms with Crippen molar-refractivity contribution in [3.05, 3.63) is 21.9 Å². The van der Waals surface area contributed by atoms with Gasteiger partial charge in [0.05, 0.1) is 5.02 Å². The van der Waals surface area contributed by atoms with E-state index in [0.717, 1.165) is 19.3 Å². The number of hydrogen-bond donors (Lipinski definition) is 1. The Bertz CT molecular complexity index is 557. The van der Waals surface area contributed by atoms with Crippen LogP contribution in [-0.4, -0.2) is 39.0 Å². The molecule has 1 saturated heterocycles. The average Bonchev–Trinajstić information content (AvgIpc) is 2.72. The minimum atomic E-state index is -0.835. The third-order valence-corrected chi connectivity index (χ3v) is 4.76. The summed E-state index contributed by atoms with van der Waals surface area (Å²) < 4.78 is 1.56. The number of carboxylic acids is 1. The fourth-order valence-corrected chi connectivity index (χ4v) is 3.13. The van der Waals surface area contributed by atoms with Crippen molar-refractivity contribution in [1.29, 1.82) is 0 Å². The lowest BCUT2D eigenvalue weighted by Gasteiger charge is -2.35. The van der Waals surface area contributed by atoms with Gasteiger partial charge >= 0.3 is 5.97 Å². The minimum Gasteiger partial charge on any atom is -0.481 e. The van der Waals surface area contributed by atoms with Gasteiger partial charge in [0.15, 0.2) is 0 Å². The number of carboxylic acid groups (broad SMARTS) is 1. The normalized spacial score (nSPS) is 18.8. The van der Waals surface area contributed by atoms with Gasteiger partial charge in [-0.15, -0.1) is 0 Å². The van der Waals surface area contributed by atoms with Crippen LogP contribution in [0, 0.1) is 0 Å². The van der Waals surface area contributed by atoms with Crippen LogP contribution in [0.4, 0.5) is 0 Å². The summed E-state index contributed by atoms with van der Waals surface area (Å²) in [5, 5.41) is 9.51. The maximum atomic E-state index is 12.7. The number of nitrogens with zero attached hydrogens (tertiary/aromatic N) is 2. The van der Waals surface area contributed by atoms with Crippen LogP contribution < -0.4 is 0 Å². The van der Waals surface area contributed by atoms with Gasteiger partial charge < -0.3 is 14.6 Å². The Morgan fingerprint density at radius 1 is 1.38 bits per heavy atom. The summed E-state index contributed by atoms with van der Waals surface area (Å²) in [5.41, 5.74) is 0.437. The Balaban J connectivity index is 2.18. The monoisotopic (exact) mass is 332 g/mol. The third kappa shape index (κ3) is 3.52. The van der Waals surface area contributed by atoms with Crippen LogP contribution >= 0.6 is 23.2 Å². The van der Waals surface area contributed by atoms with E-state index in [0.29, 0.717) is 28.8 Å². The molecule has 0 spiro atoms. The van der Waals surface area contributed by atoms with Crippen LogP contribution in [0.15, 0.2) is 6.07 Å². The number of carbonyl (C=O) groups excluding carboxylic acids is 1. The van der Waals surface area contributed by atoms with Crippen LogP contribution in [0.1, 0.15) is 42.6 Å². The maximum absolute atomic E-state index is 12.7. The molecule has 1 N–H and O–H groups in total. The van der Waals surface area contributed by atoms with E-state index < -0.39 is 5.97 Å². The molecule has 0 radical (unpaired) electrons. The first-order valence-electron chi connectivity index (χ1n) is 6.95. The summed E-state index contributed by atoms with van der Waals surface area (Å²) in [5.74, 6) is -0.973. The highest BCUT2D eigenvalue weighted by molar-refractivity contribution is 6.41. The standard InChI is InChI=1S/C14H18Cl2N2O3/c1-17-11(8-10(15)13(17)16)14(21)18-7-3-2-4-9(18)5-6-12(19)20/h8-9H,2-7H2,1H3,(H,19,20)/t9-/m1/s1. The maximum Gasteiger partial charge on any atom is 0.303 e. The molecule has 0 bridgehead atoms. The number of amides is 1. The van der Waals surface area contributed by atoms with Gasteiger partial charge in [0.1, 0.15) is 10.8 Å². The summed E-state index contributed by atoms with van der Waals surface area (Å²) in [7, 11) is 1.69. The van der Waals surface area contributed by atoms with Crippen molar-refractivity contribution in [3.63, 3.8) is 0 Å². The molecule has 2 rings (SSSR count). The molecule has 0 aromatic carbocycles. The number of piperidine rings is 1. The molecule has 0 aliphatic carbocycles.